The summed E-state index contributed by atoms with van der Waals surface area (Å²) in [5.41, 5.74) is 0.226. The van der Waals surface area contributed by atoms with Gasteiger partial charge in [-0.2, -0.15) is 5.10 Å². The van der Waals surface area contributed by atoms with Crippen molar-refractivity contribution in [3.63, 3.8) is 0 Å². The predicted molar refractivity (Wildman–Crippen MR) is 61.8 cm³/mol. The van der Waals surface area contributed by atoms with E-state index in [1.807, 2.05) is 0 Å². The first kappa shape index (κ1) is 12.2. The van der Waals surface area contributed by atoms with Crippen molar-refractivity contribution in [1.82, 2.24) is 10.2 Å². The van der Waals surface area contributed by atoms with E-state index in [0.717, 1.165) is 0 Å². The Labute approximate surface area is 101 Å². The van der Waals surface area contributed by atoms with Crippen LogP contribution in [0.3, 0.4) is 0 Å². The maximum absolute atomic E-state index is 12.1. The molecule has 0 fully saturated rings. The van der Waals surface area contributed by atoms with E-state index in [-0.39, 0.29) is 16.9 Å². The number of aromatic amines is 1. The molecule has 2 rings (SSSR count). The zero-order chi connectivity index (χ0) is 13.0. The summed E-state index contributed by atoms with van der Waals surface area (Å²) >= 11 is 0. The van der Waals surface area contributed by atoms with Crippen molar-refractivity contribution in [2.24, 2.45) is 0 Å². The van der Waals surface area contributed by atoms with Gasteiger partial charge in [-0.15, -0.1) is 0 Å². The summed E-state index contributed by atoms with van der Waals surface area (Å²) in [5.74, 6) is 0.210. The monoisotopic (exact) mass is 252 g/mol. The van der Waals surface area contributed by atoms with Crippen LogP contribution in [0.15, 0.2) is 41.3 Å². The number of nitrogens with zero attached hydrogens (tertiary/aromatic N) is 1. The van der Waals surface area contributed by atoms with E-state index in [2.05, 4.69) is 10.2 Å². The summed E-state index contributed by atoms with van der Waals surface area (Å²) in [5, 5.41) is 6.37. The fourth-order valence-electron chi connectivity index (χ4n) is 1.48. The third-order valence-corrected chi connectivity index (χ3v) is 2.23. The van der Waals surface area contributed by atoms with E-state index < -0.39 is 13.0 Å². The highest BCUT2D eigenvalue weighted by molar-refractivity contribution is 5.66. The number of para-hydroxylation sites is 1. The summed E-state index contributed by atoms with van der Waals surface area (Å²) in [4.78, 5) is 11.6. The van der Waals surface area contributed by atoms with Gasteiger partial charge in [0.1, 0.15) is 18.1 Å². The van der Waals surface area contributed by atoms with Gasteiger partial charge in [0.2, 0.25) is 5.43 Å². The normalized spacial score (nSPS) is 10.6. The second kappa shape index (κ2) is 5.39. The number of nitrogens with one attached hydrogen (secondary N) is 1. The van der Waals surface area contributed by atoms with E-state index >= 15 is 0 Å². The second-order valence-electron chi connectivity index (χ2n) is 3.49. The van der Waals surface area contributed by atoms with Crippen molar-refractivity contribution < 1.29 is 13.5 Å². The quantitative estimate of drug-likeness (QED) is 0.906. The zero-order valence-electron chi connectivity index (χ0n) is 9.27. The lowest BCUT2D eigenvalue weighted by atomic mass is 10.1. The molecule has 94 valence electrons. The van der Waals surface area contributed by atoms with Gasteiger partial charge in [0, 0.05) is 17.8 Å². The number of hydrogen-bond donors (Lipinski definition) is 1. The van der Waals surface area contributed by atoms with Gasteiger partial charge in [0.15, 0.2) is 0 Å². The average Bonchev–Trinajstić information content (AvgIpc) is 2.37. The third-order valence-electron chi connectivity index (χ3n) is 2.23. The molecular formula is C12H10F2N2O2. The van der Waals surface area contributed by atoms with Crippen LogP contribution in [0.25, 0.3) is 11.3 Å². The van der Waals surface area contributed by atoms with Crippen LogP contribution in [-0.4, -0.2) is 23.2 Å². The lowest BCUT2D eigenvalue weighted by molar-refractivity contribution is 0.0822. The average molecular weight is 252 g/mol. The zero-order valence-corrected chi connectivity index (χ0v) is 9.27. The largest absolute Gasteiger partial charge is 0.487 e. The maximum atomic E-state index is 12.1. The number of halogens is 2. The molecule has 0 radical (unpaired) electrons. The summed E-state index contributed by atoms with van der Waals surface area (Å²) in [6.45, 7) is -0.720. The Hall–Kier alpha value is -2.24. The number of benzene rings is 1. The topological polar surface area (TPSA) is 55.0 Å². The molecule has 0 bridgehead atoms. The van der Waals surface area contributed by atoms with Crippen LogP contribution in [0, 0.1) is 0 Å². The maximum Gasteiger partial charge on any atom is 0.272 e. The van der Waals surface area contributed by atoms with Gasteiger partial charge < -0.3 is 4.74 Å². The predicted octanol–water partition coefficient (Wildman–Crippen LogP) is 2.08. The molecule has 0 amide bonds. The van der Waals surface area contributed by atoms with Gasteiger partial charge in [-0.25, -0.2) is 8.78 Å². The molecule has 1 aromatic carbocycles. The van der Waals surface area contributed by atoms with Gasteiger partial charge in [-0.3, -0.25) is 9.89 Å². The van der Waals surface area contributed by atoms with Gasteiger partial charge in [0.05, 0.1) is 0 Å². The van der Waals surface area contributed by atoms with Crippen molar-refractivity contribution >= 4 is 0 Å². The molecule has 0 atom stereocenters. The van der Waals surface area contributed by atoms with Gasteiger partial charge >= 0.3 is 0 Å². The number of aromatic nitrogens is 2. The van der Waals surface area contributed by atoms with Crippen molar-refractivity contribution in [3.8, 4) is 17.0 Å². The minimum atomic E-state index is -2.57. The lowest BCUT2D eigenvalue weighted by Crippen LogP contribution is -2.10. The van der Waals surface area contributed by atoms with E-state index in [0.29, 0.717) is 5.56 Å². The molecule has 1 heterocycles. The summed E-state index contributed by atoms with van der Waals surface area (Å²) in [7, 11) is 0. The Bertz CT molecular complexity index is 584. The Balaban J connectivity index is 2.39. The fourth-order valence-corrected chi connectivity index (χ4v) is 1.48. The lowest BCUT2D eigenvalue weighted by Gasteiger charge is -2.09. The minimum Gasteiger partial charge on any atom is -0.487 e. The standard InChI is InChI=1S/C12H10F2N2O2/c13-11(14)7-18-10-4-2-1-3-8(10)12-9(17)5-6-15-16-12/h1-6,11H,7H2,(H,15,17). The second-order valence-corrected chi connectivity index (χ2v) is 3.49. The van der Waals surface area contributed by atoms with Crippen molar-refractivity contribution in [3.05, 3.63) is 46.8 Å². The number of hydrogen-bond acceptors (Lipinski definition) is 3. The van der Waals surface area contributed by atoms with Crippen LogP contribution < -0.4 is 10.2 Å². The number of H-pyrrole nitrogens is 1. The molecule has 0 aliphatic rings. The summed E-state index contributed by atoms with van der Waals surface area (Å²) in [6.07, 6.45) is -1.17. The Morgan fingerprint density at radius 1 is 1.28 bits per heavy atom. The van der Waals surface area contributed by atoms with Gasteiger partial charge in [-0.05, 0) is 12.1 Å². The number of rotatable bonds is 4. The highest BCUT2D eigenvalue weighted by atomic mass is 19.3. The van der Waals surface area contributed by atoms with Crippen LogP contribution in [0.2, 0.25) is 0 Å². The van der Waals surface area contributed by atoms with Crippen molar-refractivity contribution in [2.75, 3.05) is 6.61 Å². The van der Waals surface area contributed by atoms with Crippen LogP contribution in [0.1, 0.15) is 0 Å². The Kier molecular flexibility index (Phi) is 3.66. The molecule has 0 aliphatic carbocycles. The molecule has 6 heteroatoms. The van der Waals surface area contributed by atoms with E-state index in [1.165, 1.54) is 18.3 Å². The molecular weight excluding hydrogens is 242 g/mol. The van der Waals surface area contributed by atoms with Crippen LogP contribution in [0.5, 0.6) is 5.75 Å². The molecule has 1 N–H and O–H groups in total. The summed E-state index contributed by atoms with van der Waals surface area (Å²) in [6, 6.07) is 7.75. The first-order valence-electron chi connectivity index (χ1n) is 5.23. The van der Waals surface area contributed by atoms with Crippen molar-refractivity contribution in [2.45, 2.75) is 6.43 Å². The van der Waals surface area contributed by atoms with E-state index in [1.54, 1.807) is 18.2 Å². The number of alkyl halides is 2. The van der Waals surface area contributed by atoms with Gasteiger partial charge in [0.25, 0.3) is 6.43 Å². The Morgan fingerprint density at radius 2 is 2.06 bits per heavy atom. The van der Waals surface area contributed by atoms with Gasteiger partial charge in [-0.1, -0.05) is 12.1 Å². The Morgan fingerprint density at radius 3 is 2.78 bits per heavy atom. The SMILES string of the molecule is O=c1cc[nH]nc1-c1ccccc1OCC(F)F. The minimum absolute atomic E-state index is 0.141. The highest BCUT2D eigenvalue weighted by Crippen LogP contribution is 2.26. The first-order chi connectivity index (χ1) is 8.68. The summed E-state index contributed by atoms with van der Waals surface area (Å²) < 4.78 is 29.2. The first-order valence-corrected chi connectivity index (χ1v) is 5.23. The van der Waals surface area contributed by atoms with Crippen LogP contribution in [0.4, 0.5) is 8.78 Å². The molecule has 0 saturated heterocycles. The molecule has 18 heavy (non-hydrogen) atoms. The molecule has 2 aromatic rings. The van der Waals surface area contributed by atoms with Crippen LogP contribution in [-0.2, 0) is 0 Å². The molecule has 4 nitrogen and oxygen atoms in total. The van der Waals surface area contributed by atoms with Crippen molar-refractivity contribution in [1.29, 1.82) is 0 Å². The fraction of sp³-hybridized carbons (Fsp3) is 0.167. The molecule has 0 saturated carbocycles. The smallest absolute Gasteiger partial charge is 0.272 e. The van der Waals surface area contributed by atoms with Crippen LogP contribution >= 0.6 is 0 Å². The molecule has 0 aliphatic heterocycles. The molecule has 0 spiro atoms. The third kappa shape index (κ3) is 2.71. The molecule has 1 aromatic heterocycles. The number of ether oxygens (including phenoxy) is 1. The van der Waals surface area contributed by atoms with E-state index in [9.17, 15) is 13.6 Å². The molecule has 0 unspecified atom stereocenters. The highest BCUT2D eigenvalue weighted by Gasteiger charge is 2.12. The van der Waals surface area contributed by atoms with E-state index in [4.69, 9.17) is 4.74 Å².